The Morgan fingerprint density at radius 1 is 0.630 bits per heavy atom. The van der Waals surface area contributed by atoms with Crippen LogP contribution in [0.1, 0.15) is 130 Å². The smallest absolute Gasteiger partial charge is 0.300 e. The minimum Gasteiger partial charge on any atom is -0.300 e. The van der Waals surface area contributed by atoms with Crippen LogP contribution in [0.2, 0.25) is 0 Å². The Morgan fingerprint density at radius 2 is 1.07 bits per heavy atom. The molecule has 0 aliphatic heterocycles. The Balaban J connectivity index is 3.37. The zero-order valence-corrected chi connectivity index (χ0v) is 18.2. The Kier molecular flexibility index (Phi) is 19.2. The largest absolute Gasteiger partial charge is 0.342 e. The number of ketones is 1. The number of unbranched alkanes of at least 4 members (excludes halogenated alkanes) is 10. The van der Waals surface area contributed by atoms with Crippen molar-refractivity contribution < 1.29 is 19.4 Å². The van der Waals surface area contributed by atoms with Crippen LogP contribution in [-0.4, -0.2) is 17.9 Å². The average Bonchev–Trinajstić information content (AvgIpc) is 2.67. The molecule has 0 bridgehead atoms. The molecule has 27 heavy (non-hydrogen) atoms. The molecule has 4 heteroatoms. The molecule has 0 saturated heterocycles. The van der Waals surface area contributed by atoms with Crippen LogP contribution in [0.4, 0.5) is 0 Å². The molecule has 4 nitrogen and oxygen atoms in total. The van der Waals surface area contributed by atoms with Gasteiger partial charge in [-0.3, -0.25) is 9.68 Å². The summed E-state index contributed by atoms with van der Waals surface area (Å²) >= 11 is 0. The van der Waals surface area contributed by atoms with Crippen molar-refractivity contribution >= 4 is 11.8 Å². The topological polar surface area (TPSA) is 52.6 Å². The molecule has 160 valence electrons. The SMILES string of the molecule is CCCCCCCCCCC(=O)CCCCCCC(=O)OOC(CC)CC. The Labute approximate surface area is 167 Å². The highest BCUT2D eigenvalue weighted by atomic mass is 17.2. The first-order chi connectivity index (χ1) is 13.1. The number of hydrogen-bond acceptors (Lipinski definition) is 4. The van der Waals surface area contributed by atoms with Crippen molar-refractivity contribution in [3.8, 4) is 0 Å². The first kappa shape index (κ1) is 26.1. The van der Waals surface area contributed by atoms with Crippen molar-refractivity contribution in [3.63, 3.8) is 0 Å². The zero-order valence-electron chi connectivity index (χ0n) is 18.2. The molecular weight excluding hydrogens is 340 g/mol. The van der Waals surface area contributed by atoms with Crippen LogP contribution in [-0.2, 0) is 19.4 Å². The van der Waals surface area contributed by atoms with Gasteiger partial charge in [0.25, 0.3) is 0 Å². The number of hydrogen-bond donors (Lipinski definition) is 0. The van der Waals surface area contributed by atoms with Crippen LogP contribution < -0.4 is 0 Å². The van der Waals surface area contributed by atoms with E-state index in [2.05, 4.69) is 6.92 Å². The van der Waals surface area contributed by atoms with E-state index >= 15 is 0 Å². The maximum Gasteiger partial charge on any atom is 0.342 e. The second-order valence-corrected chi connectivity index (χ2v) is 7.67. The van der Waals surface area contributed by atoms with Crippen LogP contribution in [0.3, 0.4) is 0 Å². The van der Waals surface area contributed by atoms with Gasteiger partial charge in [-0.2, -0.15) is 4.89 Å². The van der Waals surface area contributed by atoms with E-state index in [9.17, 15) is 9.59 Å². The van der Waals surface area contributed by atoms with E-state index < -0.39 is 0 Å². The fourth-order valence-electron chi connectivity index (χ4n) is 3.11. The number of rotatable bonds is 20. The molecule has 0 fully saturated rings. The molecule has 0 saturated carbocycles. The fraction of sp³-hybridized carbons (Fsp3) is 0.913. The third-order valence-electron chi connectivity index (χ3n) is 5.08. The maximum absolute atomic E-state index is 11.9. The summed E-state index contributed by atoms with van der Waals surface area (Å²) in [4.78, 5) is 33.4. The normalized spacial score (nSPS) is 11.1. The van der Waals surface area contributed by atoms with E-state index in [1.807, 2.05) is 13.8 Å². The molecule has 0 N–H and O–H groups in total. The molecule has 0 unspecified atom stereocenters. The first-order valence-corrected chi connectivity index (χ1v) is 11.5. The zero-order chi connectivity index (χ0) is 20.2. The Hall–Kier alpha value is -0.900. The first-order valence-electron chi connectivity index (χ1n) is 11.5. The van der Waals surface area contributed by atoms with E-state index in [1.54, 1.807) is 0 Å². The highest BCUT2D eigenvalue weighted by Gasteiger charge is 2.09. The van der Waals surface area contributed by atoms with Gasteiger partial charge in [0.2, 0.25) is 0 Å². The lowest BCUT2D eigenvalue weighted by Gasteiger charge is -2.11. The highest BCUT2D eigenvalue weighted by molar-refractivity contribution is 5.78. The van der Waals surface area contributed by atoms with Gasteiger partial charge in [0.1, 0.15) is 11.9 Å². The van der Waals surface area contributed by atoms with Crippen molar-refractivity contribution in [1.82, 2.24) is 0 Å². The van der Waals surface area contributed by atoms with E-state index in [-0.39, 0.29) is 12.1 Å². The minimum atomic E-state index is -0.285. The molecule has 0 aliphatic carbocycles. The maximum atomic E-state index is 11.9. The summed E-state index contributed by atoms with van der Waals surface area (Å²) in [5, 5.41) is 0. The lowest BCUT2D eigenvalue weighted by molar-refractivity contribution is -0.298. The van der Waals surface area contributed by atoms with Crippen LogP contribution in [0, 0.1) is 0 Å². The van der Waals surface area contributed by atoms with Gasteiger partial charge in [0, 0.05) is 19.3 Å². The minimum absolute atomic E-state index is 0.000945. The van der Waals surface area contributed by atoms with Gasteiger partial charge in [-0.1, -0.05) is 78.6 Å². The molecule has 0 aromatic rings. The van der Waals surface area contributed by atoms with Crippen molar-refractivity contribution in [2.75, 3.05) is 0 Å². The van der Waals surface area contributed by atoms with Gasteiger partial charge in [0.05, 0.1) is 0 Å². The molecule has 0 aromatic heterocycles. The Morgan fingerprint density at radius 3 is 1.56 bits per heavy atom. The summed E-state index contributed by atoms with van der Waals surface area (Å²) in [6, 6.07) is 0. The molecule has 0 spiro atoms. The van der Waals surface area contributed by atoms with Gasteiger partial charge in [0.15, 0.2) is 0 Å². The summed E-state index contributed by atoms with van der Waals surface area (Å²) in [6.07, 6.45) is 17.4. The Bertz CT molecular complexity index is 350. The van der Waals surface area contributed by atoms with Crippen LogP contribution >= 0.6 is 0 Å². The van der Waals surface area contributed by atoms with Crippen molar-refractivity contribution in [1.29, 1.82) is 0 Å². The lowest BCUT2D eigenvalue weighted by atomic mass is 10.0. The van der Waals surface area contributed by atoms with E-state index in [0.717, 1.165) is 51.4 Å². The van der Waals surface area contributed by atoms with Crippen molar-refractivity contribution in [3.05, 3.63) is 0 Å². The monoisotopic (exact) mass is 384 g/mol. The van der Waals surface area contributed by atoms with Crippen LogP contribution in [0.15, 0.2) is 0 Å². The van der Waals surface area contributed by atoms with E-state index in [1.165, 1.54) is 44.9 Å². The third-order valence-corrected chi connectivity index (χ3v) is 5.08. The standard InChI is InChI=1S/C23H44O4/c1-4-7-8-9-10-11-12-15-18-21(24)19-16-13-14-17-20-23(25)27-26-22(5-2)6-3/h22H,4-20H2,1-3H3. The average molecular weight is 385 g/mol. The number of carbonyl (C=O) groups is 2. The predicted molar refractivity (Wildman–Crippen MR) is 111 cm³/mol. The summed E-state index contributed by atoms with van der Waals surface area (Å²) in [5.74, 6) is 0.117. The molecule has 0 heterocycles. The van der Waals surface area contributed by atoms with Crippen molar-refractivity contribution in [2.24, 2.45) is 0 Å². The van der Waals surface area contributed by atoms with Crippen LogP contribution in [0.5, 0.6) is 0 Å². The lowest BCUT2D eigenvalue weighted by Crippen LogP contribution is -2.14. The molecule has 0 rings (SSSR count). The molecule has 0 aliphatic rings. The molecule has 0 radical (unpaired) electrons. The van der Waals surface area contributed by atoms with E-state index in [4.69, 9.17) is 9.78 Å². The number of carbonyl (C=O) groups excluding carboxylic acids is 2. The number of Topliss-reactive ketones (excluding diaryl/α,β-unsaturated/α-hetero) is 1. The van der Waals surface area contributed by atoms with Gasteiger partial charge < -0.3 is 0 Å². The summed E-state index contributed by atoms with van der Waals surface area (Å²) in [6.45, 7) is 6.26. The fourth-order valence-corrected chi connectivity index (χ4v) is 3.11. The van der Waals surface area contributed by atoms with E-state index in [0.29, 0.717) is 18.6 Å². The van der Waals surface area contributed by atoms with Gasteiger partial charge in [-0.25, -0.2) is 4.79 Å². The van der Waals surface area contributed by atoms with Gasteiger partial charge in [-0.05, 0) is 32.1 Å². The van der Waals surface area contributed by atoms with Crippen molar-refractivity contribution in [2.45, 2.75) is 136 Å². The second kappa shape index (κ2) is 19.9. The van der Waals surface area contributed by atoms with Gasteiger partial charge >= 0.3 is 5.97 Å². The summed E-state index contributed by atoms with van der Waals surface area (Å²) in [7, 11) is 0. The summed E-state index contributed by atoms with van der Waals surface area (Å²) in [5.41, 5.74) is 0. The highest BCUT2D eigenvalue weighted by Crippen LogP contribution is 2.12. The van der Waals surface area contributed by atoms with Crippen LogP contribution in [0.25, 0.3) is 0 Å². The predicted octanol–water partition coefficient (Wildman–Crippen LogP) is 7.09. The van der Waals surface area contributed by atoms with Gasteiger partial charge in [-0.15, -0.1) is 0 Å². The molecule has 0 atom stereocenters. The molecular formula is C23H44O4. The molecule has 0 amide bonds. The molecule has 0 aromatic carbocycles. The third kappa shape index (κ3) is 18.2. The summed E-state index contributed by atoms with van der Waals surface area (Å²) < 4.78 is 0. The second-order valence-electron chi connectivity index (χ2n) is 7.67. The quantitative estimate of drug-likeness (QED) is 0.128.